The molecule has 0 spiro atoms. The van der Waals surface area contributed by atoms with E-state index in [1.54, 1.807) is 0 Å². The Morgan fingerprint density at radius 3 is 2.85 bits per heavy atom. The first kappa shape index (κ1) is 26.2. The van der Waals surface area contributed by atoms with Crippen LogP contribution >= 0.6 is 0 Å². The summed E-state index contributed by atoms with van der Waals surface area (Å²) < 4.78 is 10.8. The fourth-order valence-electron chi connectivity index (χ4n) is 8.31. The lowest BCUT2D eigenvalue weighted by atomic mass is 9.54. The number of rotatable bonds is 8. The summed E-state index contributed by atoms with van der Waals surface area (Å²) in [6.45, 7) is 5.09. The van der Waals surface area contributed by atoms with E-state index in [4.69, 9.17) is 9.47 Å². The van der Waals surface area contributed by atoms with Gasteiger partial charge in [-0.15, -0.1) is 0 Å². The van der Waals surface area contributed by atoms with Gasteiger partial charge in [0.25, 0.3) is 0 Å². The van der Waals surface area contributed by atoms with Gasteiger partial charge in [-0.1, -0.05) is 32.4 Å². The Bertz CT molecular complexity index is 1270. The molecule has 2 saturated carbocycles. The number of benzene rings is 2. The van der Waals surface area contributed by atoms with Crippen LogP contribution < -0.4 is 14.8 Å². The first-order valence-corrected chi connectivity index (χ1v) is 14.9. The number of hydrogen-bond acceptors (Lipinski definition) is 5. The van der Waals surface area contributed by atoms with Crippen LogP contribution in [0.3, 0.4) is 0 Å². The van der Waals surface area contributed by atoms with Crippen molar-refractivity contribution in [1.29, 1.82) is 0 Å². The second kappa shape index (κ2) is 10.5. The summed E-state index contributed by atoms with van der Waals surface area (Å²) in [4.78, 5) is 26.0. The quantitative estimate of drug-likeness (QED) is 0.423. The van der Waals surface area contributed by atoms with Gasteiger partial charge in [0, 0.05) is 24.8 Å². The third-order valence-corrected chi connectivity index (χ3v) is 10.2. The molecule has 4 aliphatic rings. The van der Waals surface area contributed by atoms with E-state index in [2.05, 4.69) is 25.2 Å². The minimum atomic E-state index is -0.228. The second-order valence-corrected chi connectivity index (χ2v) is 12.5. The van der Waals surface area contributed by atoms with Gasteiger partial charge in [0.15, 0.2) is 11.5 Å². The monoisotopic (exact) mass is 531 g/mol. The van der Waals surface area contributed by atoms with Gasteiger partial charge in [0.2, 0.25) is 12.7 Å². The number of ether oxygens (including phenoxy) is 2. The number of nitrogens with one attached hydrogen (secondary N) is 1. The zero-order chi connectivity index (χ0) is 27.1. The highest BCUT2D eigenvalue weighted by molar-refractivity contribution is 5.87. The fraction of sp³-hybridized carbons (Fsp3) is 0.576. The molecule has 3 aliphatic carbocycles. The molecule has 6 nitrogen and oxygen atoms in total. The van der Waals surface area contributed by atoms with Crippen molar-refractivity contribution in [2.45, 2.75) is 90.5 Å². The van der Waals surface area contributed by atoms with E-state index in [-0.39, 0.29) is 18.1 Å². The molecule has 4 unspecified atom stereocenters. The fourth-order valence-corrected chi connectivity index (χ4v) is 8.31. The summed E-state index contributed by atoms with van der Waals surface area (Å²) >= 11 is 0. The van der Waals surface area contributed by atoms with E-state index in [0.717, 1.165) is 74.0 Å². The van der Waals surface area contributed by atoms with Crippen LogP contribution in [0.15, 0.2) is 30.3 Å². The highest BCUT2D eigenvalue weighted by Crippen LogP contribution is 2.62. The molecule has 39 heavy (non-hydrogen) atoms. The Balaban J connectivity index is 1.09. The van der Waals surface area contributed by atoms with Crippen molar-refractivity contribution in [3.63, 3.8) is 0 Å². The van der Waals surface area contributed by atoms with Gasteiger partial charge in [0.05, 0.1) is 0 Å². The van der Waals surface area contributed by atoms with Crippen LogP contribution in [-0.4, -0.2) is 23.6 Å². The minimum absolute atomic E-state index is 0.0520. The van der Waals surface area contributed by atoms with Gasteiger partial charge >= 0.3 is 0 Å². The van der Waals surface area contributed by atoms with Crippen LogP contribution in [-0.2, 0) is 29.0 Å². The number of hydrogen-bond donors (Lipinski definition) is 2. The number of carbonyl (C=O) groups is 2. The van der Waals surface area contributed by atoms with Crippen molar-refractivity contribution in [1.82, 2.24) is 5.32 Å². The van der Waals surface area contributed by atoms with Crippen molar-refractivity contribution in [3.8, 4) is 17.2 Å². The number of amides is 1. The van der Waals surface area contributed by atoms with Crippen LogP contribution in [0.25, 0.3) is 0 Å². The second-order valence-electron chi connectivity index (χ2n) is 12.5. The molecule has 6 heteroatoms. The summed E-state index contributed by atoms with van der Waals surface area (Å²) in [6, 6.07) is 10.1. The summed E-state index contributed by atoms with van der Waals surface area (Å²) in [6.07, 6.45) is 8.86. The summed E-state index contributed by atoms with van der Waals surface area (Å²) in [7, 11) is 0. The molecule has 2 aromatic carbocycles. The normalized spacial score (nSPS) is 28.5. The predicted molar refractivity (Wildman–Crippen MR) is 149 cm³/mol. The number of phenols is 1. The molecule has 1 aliphatic heterocycles. The van der Waals surface area contributed by atoms with E-state index in [1.807, 2.05) is 24.3 Å². The van der Waals surface area contributed by atoms with Crippen molar-refractivity contribution in [2.24, 2.45) is 23.2 Å². The highest BCUT2D eigenvalue weighted by Gasteiger charge is 2.58. The Labute approximate surface area is 231 Å². The van der Waals surface area contributed by atoms with E-state index < -0.39 is 0 Å². The van der Waals surface area contributed by atoms with Crippen LogP contribution in [0, 0.1) is 23.2 Å². The Morgan fingerprint density at radius 1 is 1.15 bits per heavy atom. The number of ketones is 1. The Kier molecular flexibility index (Phi) is 7.07. The SMILES string of the molecule is CCCc1cc2c(cc1O)CCC1C2CC[C@]2(C)C(=O)CC(CCCC(=O)NCc3ccc4c(c3)OCO4)C12. The lowest BCUT2D eigenvalue weighted by molar-refractivity contribution is -0.129. The Hall–Kier alpha value is -3.02. The minimum Gasteiger partial charge on any atom is -0.508 e. The topological polar surface area (TPSA) is 84.9 Å². The molecule has 0 radical (unpaired) electrons. The first-order chi connectivity index (χ1) is 18.9. The predicted octanol–water partition coefficient (Wildman–Crippen LogP) is 6.21. The molecule has 0 aromatic heterocycles. The summed E-state index contributed by atoms with van der Waals surface area (Å²) in [5, 5.41) is 13.6. The van der Waals surface area contributed by atoms with E-state index in [9.17, 15) is 14.7 Å². The largest absolute Gasteiger partial charge is 0.508 e. The van der Waals surface area contributed by atoms with Crippen molar-refractivity contribution in [2.75, 3.05) is 6.79 Å². The number of Topliss-reactive ketones (excluding diaryl/α,β-unsaturated/α-hetero) is 1. The highest BCUT2D eigenvalue weighted by atomic mass is 16.7. The maximum atomic E-state index is 13.4. The van der Waals surface area contributed by atoms with Crippen molar-refractivity contribution < 1.29 is 24.2 Å². The van der Waals surface area contributed by atoms with E-state index in [1.165, 1.54) is 11.1 Å². The van der Waals surface area contributed by atoms with Crippen molar-refractivity contribution in [3.05, 3.63) is 52.6 Å². The smallest absolute Gasteiger partial charge is 0.231 e. The van der Waals surface area contributed by atoms with Gasteiger partial charge < -0.3 is 19.9 Å². The van der Waals surface area contributed by atoms with Gasteiger partial charge in [0.1, 0.15) is 11.5 Å². The molecular formula is C33H41NO5. The van der Waals surface area contributed by atoms with Gasteiger partial charge in [-0.05, 0) is 109 Å². The van der Waals surface area contributed by atoms with E-state index >= 15 is 0 Å². The van der Waals surface area contributed by atoms with Gasteiger partial charge in [-0.3, -0.25) is 9.59 Å². The van der Waals surface area contributed by atoms with Crippen LogP contribution in [0.1, 0.15) is 93.4 Å². The average molecular weight is 532 g/mol. The number of carbonyl (C=O) groups excluding carboxylic acids is 2. The molecular weight excluding hydrogens is 490 g/mol. The lowest BCUT2D eigenvalue weighted by Gasteiger charge is -2.50. The van der Waals surface area contributed by atoms with Crippen molar-refractivity contribution >= 4 is 11.7 Å². The molecule has 5 atom stereocenters. The molecule has 2 N–H and O–H groups in total. The molecule has 6 rings (SSSR count). The molecule has 208 valence electrons. The molecule has 0 bridgehead atoms. The molecule has 2 fully saturated rings. The van der Waals surface area contributed by atoms with Gasteiger partial charge in [-0.25, -0.2) is 0 Å². The van der Waals surface area contributed by atoms with Crippen LogP contribution in [0.4, 0.5) is 0 Å². The zero-order valence-electron chi connectivity index (χ0n) is 23.3. The molecule has 1 amide bonds. The lowest BCUT2D eigenvalue weighted by Crippen LogP contribution is -2.44. The summed E-state index contributed by atoms with van der Waals surface area (Å²) in [5.41, 5.74) is 4.56. The van der Waals surface area contributed by atoms with Crippen LogP contribution in [0.5, 0.6) is 17.2 Å². The maximum absolute atomic E-state index is 13.4. The molecule has 2 aromatic rings. The standard InChI is InChI=1S/C33H41NO5/c1-3-5-22-15-26-21(16-27(22)35)9-10-25-24(26)12-13-33(2)30(36)17-23(32(25)33)6-4-7-31(37)34-18-20-8-11-28-29(14-20)39-19-38-28/h8,11,14-16,23-25,32,35H,3-7,9-10,12-13,17-19H2,1-2H3,(H,34,37)/t23?,24?,25?,32?,33-/m1/s1. The first-order valence-electron chi connectivity index (χ1n) is 14.9. The number of aryl methyl sites for hydroxylation is 2. The third-order valence-electron chi connectivity index (χ3n) is 10.2. The number of phenolic OH excluding ortho intramolecular Hbond substituents is 1. The zero-order valence-corrected chi connectivity index (χ0v) is 23.3. The number of fused-ring (bicyclic) bond motifs is 6. The van der Waals surface area contributed by atoms with E-state index in [0.29, 0.717) is 54.6 Å². The van der Waals surface area contributed by atoms with Crippen LogP contribution in [0.2, 0.25) is 0 Å². The average Bonchev–Trinajstić information content (AvgIpc) is 3.49. The van der Waals surface area contributed by atoms with Gasteiger partial charge in [-0.2, -0.15) is 0 Å². The molecule has 0 saturated heterocycles. The third kappa shape index (κ3) is 4.81. The number of aromatic hydroxyl groups is 1. The maximum Gasteiger partial charge on any atom is 0.231 e. The summed E-state index contributed by atoms with van der Waals surface area (Å²) in [5.74, 6) is 4.12. The Morgan fingerprint density at radius 2 is 2.00 bits per heavy atom. The molecule has 1 heterocycles.